The third kappa shape index (κ3) is 4.59. The molecule has 0 aliphatic heterocycles. The van der Waals surface area contributed by atoms with Gasteiger partial charge in [-0.3, -0.25) is 4.72 Å². The van der Waals surface area contributed by atoms with E-state index in [4.69, 9.17) is 17.3 Å². The maximum atomic E-state index is 13.6. The highest BCUT2D eigenvalue weighted by molar-refractivity contribution is 7.97. The lowest BCUT2D eigenvalue weighted by Gasteiger charge is -2.15. The zero-order chi connectivity index (χ0) is 16.8. The molecular weight excluding hydrogens is 315 g/mol. The molecule has 23 heavy (non-hydrogen) atoms. The number of hydrazine groups is 1. The largest absolute Gasteiger partial charge is 0.398 e. The molecule has 2 aromatic carbocycles. The summed E-state index contributed by atoms with van der Waals surface area (Å²) in [6, 6.07) is 11.8. The average molecular weight is 334 g/mol. The molecule has 0 unspecified atom stereocenters. The second-order valence-corrected chi connectivity index (χ2v) is 5.81. The van der Waals surface area contributed by atoms with E-state index in [1.807, 2.05) is 19.2 Å². The van der Waals surface area contributed by atoms with Gasteiger partial charge in [-0.15, -0.1) is 5.10 Å². The number of nitrogens with one attached hydrogen (secondary N) is 1. The quantitative estimate of drug-likeness (QED) is 0.160. The van der Waals surface area contributed by atoms with Crippen molar-refractivity contribution in [3.8, 4) is 0 Å². The Kier molecular flexibility index (Phi) is 5.80. The first-order valence-corrected chi connectivity index (χ1v) is 7.66. The highest BCUT2D eigenvalue weighted by atomic mass is 32.2. The predicted molar refractivity (Wildman–Crippen MR) is 92.6 cm³/mol. The zero-order valence-electron chi connectivity index (χ0n) is 12.7. The van der Waals surface area contributed by atoms with Gasteiger partial charge in [0, 0.05) is 21.7 Å². The van der Waals surface area contributed by atoms with Gasteiger partial charge in [0.15, 0.2) is 5.84 Å². The average Bonchev–Trinajstić information content (AvgIpc) is 2.51. The van der Waals surface area contributed by atoms with Crippen molar-refractivity contribution in [2.24, 2.45) is 16.7 Å². The van der Waals surface area contributed by atoms with Crippen molar-refractivity contribution in [2.75, 3.05) is 12.8 Å². The monoisotopic (exact) mass is 334 g/mol. The molecule has 0 fully saturated rings. The molecule has 0 atom stereocenters. The van der Waals surface area contributed by atoms with Gasteiger partial charge in [0.05, 0.1) is 6.54 Å². The number of hydrazone groups is 1. The predicted octanol–water partition coefficient (Wildman–Crippen LogP) is 1.63. The van der Waals surface area contributed by atoms with Gasteiger partial charge in [0.25, 0.3) is 0 Å². The summed E-state index contributed by atoms with van der Waals surface area (Å²) < 4.78 is 16.6. The maximum Gasteiger partial charge on any atom is 0.154 e. The fourth-order valence-electron chi connectivity index (χ4n) is 1.97. The lowest BCUT2D eigenvalue weighted by Crippen LogP contribution is -2.29. The SMILES string of the molecule is CNSc1ccc(N)c(/C(N)=N/N(N)Cc2ccccc2F)c1. The molecule has 0 spiro atoms. The lowest BCUT2D eigenvalue weighted by molar-refractivity contribution is 0.285. The summed E-state index contributed by atoms with van der Waals surface area (Å²) in [7, 11) is 1.81. The van der Waals surface area contributed by atoms with Crippen molar-refractivity contribution in [3.63, 3.8) is 0 Å². The summed E-state index contributed by atoms with van der Waals surface area (Å²) in [4.78, 5) is 0.938. The van der Waals surface area contributed by atoms with Gasteiger partial charge in [0.1, 0.15) is 5.82 Å². The zero-order valence-corrected chi connectivity index (χ0v) is 13.5. The van der Waals surface area contributed by atoms with Crippen LogP contribution in [0.2, 0.25) is 0 Å². The number of nitrogens with two attached hydrogens (primary N) is 3. The van der Waals surface area contributed by atoms with Gasteiger partial charge in [-0.1, -0.05) is 18.2 Å². The van der Waals surface area contributed by atoms with E-state index in [0.717, 1.165) is 10.0 Å². The number of halogens is 1. The lowest BCUT2D eigenvalue weighted by atomic mass is 10.1. The summed E-state index contributed by atoms with van der Waals surface area (Å²) in [5, 5.41) is 5.16. The van der Waals surface area contributed by atoms with Crippen molar-refractivity contribution in [1.29, 1.82) is 0 Å². The Morgan fingerprint density at radius 3 is 2.74 bits per heavy atom. The summed E-state index contributed by atoms with van der Waals surface area (Å²) in [6.45, 7) is 0.0955. The van der Waals surface area contributed by atoms with Gasteiger partial charge in [0.2, 0.25) is 0 Å². The third-order valence-electron chi connectivity index (χ3n) is 3.05. The number of nitrogen functional groups attached to an aromatic ring is 1. The van der Waals surface area contributed by atoms with Crippen molar-refractivity contribution in [3.05, 3.63) is 59.4 Å². The minimum absolute atomic E-state index is 0.0955. The van der Waals surface area contributed by atoms with Crippen LogP contribution in [0.3, 0.4) is 0 Å². The van der Waals surface area contributed by atoms with E-state index >= 15 is 0 Å². The molecule has 0 saturated carbocycles. The van der Waals surface area contributed by atoms with E-state index in [0.29, 0.717) is 16.8 Å². The van der Waals surface area contributed by atoms with Crippen LogP contribution in [0.1, 0.15) is 11.1 Å². The molecule has 0 heterocycles. The smallest absolute Gasteiger partial charge is 0.154 e. The van der Waals surface area contributed by atoms with Crippen LogP contribution in [0.4, 0.5) is 10.1 Å². The van der Waals surface area contributed by atoms with Crippen LogP contribution >= 0.6 is 11.9 Å². The standard InChI is InChI=1S/C15H19FN6S/c1-20-23-11-6-7-14(17)12(8-11)15(18)21-22(19)9-10-4-2-3-5-13(10)16/h2-8,20H,9,17,19H2,1H3,(H2,18,21). The summed E-state index contributed by atoms with van der Waals surface area (Å²) >= 11 is 1.43. The van der Waals surface area contributed by atoms with E-state index in [-0.39, 0.29) is 18.2 Å². The molecule has 0 amide bonds. The molecule has 2 aromatic rings. The van der Waals surface area contributed by atoms with Crippen LogP contribution in [0.5, 0.6) is 0 Å². The van der Waals surface area contributed by atoms with Crippen LogP contribution in [0.25, 0.3) is 0 Å². The van der Waals surface area contributed by atoms with E-state index in [2.05, 4.69) is 9.82 Å². The van der Waals surface area contributed by atoms with E-state index in [1.54, 1.807) is 24.3 Å². The summed E-state index contributed by atoms with van der Waals surface area (Å²) in [6.07, 6.45) is 0. The van der Waals surface area contributed by atoms with Crippen LogP contribution in [-0.4, -0.2) is 18.0 Å². The minimum atomic E-state index is -0.344. The summed E-state index contributed by atoms with van der Waals surface area (Å²) in [5.74, 6) is 5.62. The number of hydrogen-bond donors (Lipinski definition) is 4. The Labute approximate surface area is 138 Å². The summed E-state index contributed by atoms with van der Waals surface area (Å²) in [5.41, 5.74) is 13.4. The molecule has 7 N–H and O–H groups in total. The molecule has 0 aromatic heterocycles. The normalized spacial score (nSPS) is 11.5. The Bertz CT molecular complexity index is 706. The number of nitrogens with zero attached hydrogens (tertiary/aromatic N) is 2. The van der Waals surface area contributed by atoms with Crippen LogP contribution in [-0.2, 0) is 6.54 Å². The van der Waals surface area contributed by atoms with Gasteiger partial charge in [-0.05, 0) is 43.3 Å². The van der Waals surface area contributed by atoms with Gasteiger partial charge < -0.3 is 11.5 Å². The Hall–Kier alpha value is -2.29. The highest BCUT2D eigenvalue weighted by Crippen LogP contribution is 2.20. The Morgan fingerprint density at radius 1 is 1.30 bits per heavy atom. The highest BCUT2D eigenvalue weighted by Gasteiger charge is 2.09. The number of amidine groups is 1. The van der Waals surface area contributed by atoms with Crippen LogP contribution in [0, 0.1) is 5.82 Å². The van der Waals surface area contributed by atoms with Crippen LogP contribution < -0.4 is 22.0 Å². The molecule has 0 aliphatic rings. The minimum Gasteiger partial charge on any atom is -0.398 e. The first kappa shape index (κ1) is 17.1. The molecule has 2 rings (SSSR count). The first-order valence-electron chi connectivity index (χ1n) is 6.84. The molecule has 0 bridgehead atoms. The Balaban J connectivity index is 2.18. The molecule has 0 saturated heterocycles. The maximum absolute atomic E-state index is 13.6. The van der Waals surface area contributed by atoms with Crippen molar-refractivity contribution in [2.45, 2.75) is 11.4 Å². The molecular formula is C15H19FN6S. The first-order chi connectivity index (χ1) is 11.0. The van der Waals surface area contributed by atoms with E-state index in [9.17, 15) is 4.39 Å². The number of benzene rings is 2. The van der Waals surface area contributed by atoms with Crippen molar-refractivity contribution < 1.29 is 4.39 Å². The number of rotatable bonds is 6. The molecule has 122 valence electrons. The van der Waals surface area contributed by atoms with Crippen molar-refractivity contribution in [1.82, 2.24) is 9.84 Å². The molecule has 8 heteroatoms. The molecule has 0 aliphatic carbocycles. The second-order valence-electron chi connectivity index (χ2n) is 4.73. The fraction of sp³-hybridized carbons (Fsp3) is 0.133. The van der Waals surface area contributed by atoms with Crippen LogP contribution in [0.15, 0.2) is 52.5 Å². The van der Waals surface area contributed by atoms with Gasteiger partial charge in [-0.25, -0.2) is 15.4 Å². The number of hydrogen-bond acceptors (Lipinski definition) is 6. The molecule has 6 nitrogen and oxygen atoms in total. The van der Waals surface area contributed by atoms with Gasteiger partial charge in [-0.2, -0.15) is 0 Å². The third-order valence-corrected chi connectivity index (χ3v) is 3.74. The van der Waals surface area contributed by atoms with E-state index in [1.165, 1.54) is 18.0 Å². The Morgan fingerprint density at radius 2 is 2.04 bits per heavy atom. The fourth-order valence-corrected chi connectivity index (χ4v) is 2.52. The van der Waals surface area contributed by atoms with Crippen molar-refractivity contribution >= 4 is 23.5 Å². The van der Waals surface area contributed by atoms with E-state index < -0.39 is 0 Å². The van der Waals surface area contributed by atoms with Gasteiger partial charge >= 0.3 is 0 Å². The second kappa shape index (κ2) is 7.82. The topological polar surface area (TPSA) is 106 Å². The molecule has 0 radical (unpaired) electrons. The number of anilines is 1.